The molecule has 1 atom stereocenters. The van der Waals surface area contributed by atoms with Gasteiger partial charge in [0.1, 0.15) is 23.1 Å². The van der Waals surface area contributed by atoms with E-state index in [-0.39, 0.29) is 22.6 Å². The molecule has 5 aromatic rings. The van der Waals surface area contributed by atoms with Crippen LogP contribution < -0.4 is 24.5 Å². The van der Waals surface area contributed by atoms with Crippen molar-refractivity contribution in [3.8, 4) is 17.2 Å². The van der Waals surface area contributed by atoms with Gasteiger partial charge in [-0.05, 0) is 24.4 Å². The van der Waals surface area contributed by atoms with Crippen LogP contribution in [0.1, 0.15) is 33.5 Å². The smallest absolute Gasteiger partial charge is 0.296 e. The number of amides is 1. The molecule has 2 aromatic heterocycles. The van der Waals surface area contributed by atoms with Crippen molar-refractivity contribution >= 4 is 33.5 Å². The standard InChI is InChI=1S/C28H22N2O7/c1-14-11-22(29-37-14)30-24(18-12-20(34-3)21(35-4)13-19(18)33-2)23-25(31)17-10-9-15-7-5-6-8-16(15)26(17)36-27(23)28(30)32/h5-13,24H,1-4H3/t24-/m1/s1. The highest BCUT2D eigenvalue weighted by molar-refractivity contribution is 6.12. The van der Waals surface area contributed by atoms with Gasteiger partial charge in [-0.2, -0.15) is 0 Å². The van der Waals surface area contributed by atoms with Gasteiger partial charge in [0.2, 0.25) is 5.76 Å². The molecule has 0 N–H and O–H groups in total. The molecule has 9 heteroatoms. The Morgan fingerprint density at radius 3 is 2.30 bits per heavy atom. The van der Waals surface area contributed by atoms with Gasteiger partial charge in [0.15, 0.2) is 22.7 Å². The van der Waals surface area contributed by atoms with E-state index >= 15 is 0 Å². The Balaban J connectivity index is 1.70. The van der Waals surface area contributed by atoms with Crippen LogP contribution in [0.3, 0.4) is 0 Å². The third-order valence-corrected chi connectivity index (χ3v) is 6.66. The summed E-state index contributed by atoms with van der Waals surface area (Å²) in [6, 6.07) is 15.2. The van der Waals surface area contributed by atoms with Crippen LogP contribution in [0.15, 0.2) is 68.3 Å². The van der Waals surface area contributed by atoms with Crippen LogP contribution in [-0.2, 0) is 0 Å². The molecule has 1 amide bonds. The lowest BCUT2D eigenvalue weighted by molar-refractivity contribution is 0.0969. The normalized spacial score (nSPS) is 14.9. The van der Waals surface area contributed by atoms with Gasteiger partial charge >= 0.3 is 0 Å². The minimum atomic E-state index is -0.922. The van der Waals surface area contributed by atoms with Gasteiger partial charge in [0, 0.05) is 23.1 Å². The number of hydrogen-bond acceptors (Lipinski definition) is 8. The molecule has 3 aromatic carbocycles. The third kappa shape index (κ3) is 3.27. The molecular formula is C28H22N2O7. The summed E-state index contributed by atoms with van der Waals surface area (Å²) in [7, 11) is 4.52. The predicted molar refractivity (Wildman–Crippen MR) is 136 cm³/mol. The molecule has 0 bridgehead atoms. The first-order chi connectivity index (χ1) is 18.0. The van der Waals surface area contributed by atoms with Crippen molar-refractivity contribution < 1.29 is 27.9 Å². The summed E-state index contributed by atoms with van der Waals surface area (Å²) in [5, 5.41) is 6.08. The molecule has 6 rings (SSSR count). The molecule has 0 saturated heterocycles. The second-order valence-corrected chi connectivity index (χ2v) is 8.66. The number of benzene rings is 3. The van der Waals surface area contributed by atoms with Crippen LogP contribution in [-0.4, -0.2) is 32.4 Å². The maximum Gasteiger partial charge on any atom is 0.296 e. The molecule has 1 aliphatic rings. The number of anilines is 1. The van der Waals surface area contributed by atoms with E-state index in [1.54, 1.807) is 31.2 Å². The average molecular weight is 498 g/mol. The predicted octanol–water partition coefficient (Wildman–Crippen LogP) is 5.02. The van der Waals surface area contributed by atoms with Crippen molar-refractivity contribution in [1.82, 2.24) is 5.16 Å². The number of aryl methyl sites for hydroxylation is 1. The van der Waals surface area contributed by atoms with E-state index in [9.17, 15) is 9.59 Å². The fraction of sp³-hybridized carbons (Fsp3) is 0.179. The Bertz CT molecular complexity index is 1770. The van der Waals surface area contributed by atoms with Crippen molar-refractivity contribution in [2.24, 2.45) is 0 Å². The molecule has 0 saturated carbocycles. The third-order valence-electron chi connectivity index (χ3n) is 6.66. The molecule has 9 nitrogen and oxygen atoms in total. The fourth-order valence-corrected chi connectivity index (χ4v) is 4.96. The number of rotatable bonds is 5. The second kappa shape index (κ2) is 8.41. The molecule has 1 aliphatic heterocycles. The van der Waals surface area contributed by atoms with Crippen LogP contribution in [0.4, 0.5) is 5.82 Å². The lowest BCUT2D eigenvalue weighted by Gasteiger charge is -2.25. The summed E-state index contributed by atoms with van der Waals surface area (Å²) in [6.45, 7) is 1.72. The summed E-state index contributed by atoms with van der Waals surface area (Å²) in [5.41, 5.74) is 0.714. The molecular weight excluding hydrogens is 476 g/mol. The summed E-state index contributed by atoms with van der Waals surface area (Å²) in [5.74, 6) is 1.41. The van der Waals surface area contributed by atoms with E-state index in [1.807, 2.05) is 30.3 Å². The number of carbonyl (C=O) groups is 1. The SMILES string of the molecule is COc1cc(OC)c([C@@H]2c3c(oc4c(ccc5ccccc54)c3=O)C(=O)N2c2cc(C)on2)cc1OC. The van der Waals surface area contributed by atoms with E-state index < -0.39 is 11.9 Å². The largest absolute Gasteiger partial charge is 0.496 e. The number of carbonyl (C=O) groups excluding carboxylic acids is 1. The number of fused-ring (bicyclic) bond motifs is 4. The monoisotopic (exact) mass is 498 g/mol. The quantitative estimate of drug-likeness (QED) is 0.311. The molecule has 0 aliphatic carbocycles. The van der Waals surface area contributed by atoms with Gasteiger partial charge in [-0.1, -0.05) is 35.5 Å². The summed E-state index contributed by atoms with van der Waals surface area (Å²) >= 11 is 0. The first kappa shape index (κ1) is 22.7. The fourth-order valence-electron chi connectivity index (χ4n) is 4.96. The number of aromatic nitrogens is 1. The number of methoxy groups -OCH3 is 3. The van der Waals surface area contributed by atoms with Crippen molar-refractivity contribution in [2.75, 3.05) is 26.2 Å². The Morgan fingerprint density at radius 1 is 0.865 bits per heavy atom. The Kier molecular flexibility index (Phi) is 5.15. The molecule has 186 valence electrons. The van der Waals surface area contributed by atoms with E-state index in [0.717, 1.165) is 10.8 Å². The van der Waals surface area contributed by atoms with E-state index in [1.165, 1.54) is 26.2 Å². The van der Waals surface area contributed by atoms with E-state index in [4.69, 9.17) is 23.2 Å². The van der Waals surface area contributed by atoms with Gasteiger partial charge in [0.25, 0.3) is 5.91 Å². The minimum Gasteiger partial charge on any atom is -0.496 e. The molecule has 0 radical (unpaired) electrons. The van der Waals surface area contributed by atoms with Gasteiger partial charge < -0.3 is 23.2 Å². The first-order valence-electron chi connectivity index (χ1n) is 11.5. The number of hydrogen-bond donors (Lipinski definition) is 0. The van der Waals surface area contributed by atoms with E-state index in [0.29, 0.717) is 39.5 Å². The lowest BCUT2D eigenvalue weighted by atomic mass is 9.96. The zero-order valence-corrected chi connectivity index (χ0v) is 20.5. The highest BCUT2D eigenvalue weighted by Gasteiger charge is 2.46. The topological polar surface area (TPSA) is 104 Å². The zero-order chi connectivity index (χ0) is 25.8. The lowest BCUT2D eigenvalue weighted by Crippen LogP contribution is -2.30. The van der Waals surface area contributed by atoms with Crippen LogP contribution in [0, 0.1) is 6.92 Å². The zero-order valence-electron chi connectivity index (χ0n) is 20.5. The van der Waals surface area contributed by atoms with Crippen LogP contribution in [0.25, 0.3) is 21.7 Å². The molecule has 0 unspecified atom stereocenters. The van der Waals surface area contributed by atoms with Crippen molar-refractivity contribution in [3.05, 3.63) is 87.5 Å². The highest BCUT2D eigenvalue weighted by Crippen LogP contribution is 2.47. The summed E-state index contributed by atoms with van der Waals surface area (Å²) in [4.78, 5) is 29.4. The average Bonchev–Trinajstić information content (AvgIpc) is 3.48. The van der Waals surface area contributed by atoms with Gasteiger partial charge in [-0.15, -0.1) is 0 Å². The van der Waals surface area contributed by atoms with Crippen molar-refractivity contribution in [2.45, 2.75) is 13.0 Å². The van der Waals surface area contributed by atoms with Gasteiger partial charge in [-0.3, -0.25) is 14.5 Å². The van der Waals surface area contributed by atoms with Crippen LogP contribution >= 0.6 is 0 Å². The Morgan fingerprint density at radius 2 is 1.59 bits per heavy atom. The maximum absolute atomic E-state index is 14.1. The molecule has 37 heavy (non-hydrogen) atoms. The van der Waals surface area contributed by atoms with Crippen LogP contribution in [0.2, 0.25) is 0 Å². The van der Waals surface area contributed by atoms with Gasteiger partial charge in [-0.25, -0.2) is 0 Å². The molecule has 0 spiro atoms. The Hall–Kier alpha value is -4.79. The first-order valence-corrected chi connectivity index (χ1v) is 11.5. The molecule has 0 fully saturated rings. The summed E-state index contributed by atoms with van der Waals surface area (Å²) in [6.07, 6.45) is 0. The van der Waals surface area contributed by atoms with Crippen molar-refractivity contribution in [3.63, 3.8) is 0 Å². The number of ether oxygens (including phenoxy) is 3. The molecule has 3 heterocycles. The number of nitrogens with zero attached hydrogens (tertiary/aromatic N) is 2. The van der Waals surface area contributed by atoms with Crippen molar-refractivity contribution in [1.29, 1.82) is 0 Å². The summed E-state index contributed by atoms with van der Waals surface area (Å²) < 4.78 is 28.2. The minimum absolute atomic E-state index is 0.0589. The maximum atomic E-state index is 14.1. The Labute approximate surface area is 210 Å². The van der Waals surface area contributed by atoms with Crippen LogP contribution in [0.5, 0.6) is 17.2 Å². The van der Waals surface area contributed by atoms with Gasteiger partial charge in [0.05, 0.1) is 32.3 Å². The second-order valence-electron chi connectivity index (χ2n) is 8.66. The van der Waals surface area contributed by atoms with E-state index in [2.05, 4.69) is 5.16 Å². The highest BCUT2D eigenvalue weighted by atomic mass is 16.5.